The van der Waals surface area contributed by atoms with Crippen LogP contribution in [0.4, 0.5) is 11.9 Å². The van der Waals surface area contributed by atoms with E-state index < -0.39 is 19.7 Å². The Morgan fingerprint density at radius 3 is 1.37 bits per heavy atom. The molecule has 0 spiro atoms. The van der Waals surface area contributed by atoms with Gasteiger partial charge in [-0.15, -0.1) is 0 Å². The monoisotopic (exact) mass is 1290 g/mol. The van der Waals surface area contributed by atoms with E-state index in [-0.39, 0.29) is 38.8 Å². The molecule has 4 aliphatic rings. The maximum absolute atomic E-state index is 13.0. The molecule has 0 radical (unpaired) electrons. The summed E-state index contributed by atoms with van der Waals surface area (Å²) in [5, 5.41) is 13.0. The Balaban J connectivity index is 0.000000194. The maximum atomic E-state index is 13.0. The maximum Gasteiger partial charge on any atom is 0.223 e. The van der Waals surface area contributed by atoms with E-state index >= 15 is 0 Å². The molecule has 0 atom stereocenters. The second-order valence-electron chi connectivity index (χ2n) is 24.7. The van der Waals surface area contributed by atoms with Gasteiger partial charge in [-0.05, 0) is 207 Å². The van der Waals surface area contributed by atoms with E-state index in [1.165, 1.54) is 57.2 Å². The molecule has 12 rings (SSSR count). The van der Waals surface area contributed by atoms with Gasteiger partial charge in [0.1, 0.15) is 6.29 Å². The normalized spacial score (nSPS) is 18.7. The zero-order valence-electron chi connectivity index (χ0n) is 52.1. The molecule has 4 saturated carbocycles. The van der Waals surface area contributed by atoms with Crippen LogP contribution in [0.2, 0.25) is 10.0 Å². The smallest absolute Gasteiger partial charge is 0.223 e. The minimum Gasteiger partial charge on any atom is -0.351 e. The topological polar surface area (TPSA) is 202 Å². The van der Waals surface area contributed by atoms with Crippen LogP contribution in [-0.2, 0) is 48.8 Å². The Morgan fingerprint density at radius 1 is 0.567 bits per heavy atom. The number of pyridine rings is 2. The van der Waals surface area contributed by atoms with Crippen LogP contribution in [0.25, 0.3) is 44.1 Å². The second kappa shape index (κ2) is 30.8. The van der Waals surface area contributed by atoms with Crippen molar-refractivity contribution in [1.82, 2.24) is 40.1 Å². The first kappa shape index (κ1) is 67.9. The van der Waals surface area contributed by atoms with E-state index in [0.717, 1.165) is 143 Å². The van der Waals surface area contributed by atoms with Gasteiger partial charge in [0, 0.05) is 82.3 Å². The average molecular weight is 1300 g/mol. The van der Waals surface area contributed by atoms with Crippen molar-refractivity contribution in [3.05, 3.63) is 153 Å². The lowest BCUT2D eigenvalue weighted by molar-refractivity contribution is -0.113. The molecule has 4 aliphatic carbocycles. The van der Waals surface area contributed by atoms with Gasteiger partial charge in [0.15, 0.2) is 19.7 Å². The van der Waals surface area contributed by atoms with Crippen LogP contribution in [0.1, 0.15) is 145 Å². The van der Waals surface area contributed by atoms with Gasteiger partial charge < -0.3 is 25.6 Å². The number of hydrogen-bond acceptors (Lipinski definition) is 15. The first-order valence-corrected chi connectivity index (χ1v) is 35.8. The molecular formula is C71H88Cl2N10O5S2. The molecule has 4 aromatic heterocycles. The molecule has 0 amide bonds. The third kappa shape index (κ3) is 16.8. The highest BCUT2D eigenvalue weighted by atomic mass is 35.5. The summed E-state index contributed by atoms with van der Waals surface area (Å²) in [4.78, 5) is 41.2. The number of aryl methyl sites for hydroxylation is 4. The van der Waals surface area contributed by atoms with Gasteiger partial charge in [-0.25, -0.2) is 36.8 Å². The molecule has 4 heterocycles. The Labute approximate surface area is 543 Å². The number of fused-ring (bicyclic) bond motifs is 2. The van der Waals surface area contributed by atoms with E-state index in [4.69, 9.17) is 38.2 Å². The van der Waals surface area contributed by atoms with Crippen molar-refractivity contribution in [2.24, 2.45) is 11.8 Å². The van der Waals surface area contributed by atoms with Gasteiger partial charge in [0.05, 0.1) is 53.8 Å². The first-order valence-electron chi connectivity index (χ1n) is 31.7. The lowest BCUT2D eigenvalue weighted by Gasteiger charge is -2.38. The van der Waals surface area contributed by atoms with Crippen LogP contribution in [0, 0.1) is 25.7 Å². The Morgan fingerprint density at radius 2 is 1.00 bits per heavy atom. The summed E-state index contributed by atoms with van der Waals surface area (Å²) in [6.07, 6.45) is 23.5. The minimum atomic E-state index is -3.62. The second-order valence-corrected chi connectivity index (χ2v) is 29.4. The van der Waals surface area contributed by atoms with Crippen LogP contribution in [0.3, 0.4) is 0 Å². The van der Waals surface area contributed by atoms with E-state index in [1.807, 2.05) is 45.4 Å². The summed E-state index contributed by atoms with van der Waals surface area (Å²) in [6.45, 7) is 9.34. The summed E-state index contributed by atoms with van der Waals surface area (Å²) in [7, 11) is -2.90. The molecule has 0 aliphatic heterocycles. The Hall–Kier alpha value is -6.47. The van der Waals surface area contributed by atoms with Crippen molar-refractivity contribution in [1.29, 1.82) is 0 Å². The van der Waals surface area contributed by atoms with E-state index in [1.54, 1.807) is 48.5 Å². The van der Waals surface area contributed by atoms with E-state index in [0.29, 0.717) is 53.4 Å². The van der Waals surface area contributed by atoms with E-state index in [2.05, 4.69) is 81.0 Å². The molecule has 478 valence electrons. The van der Waals surface area contributed by atoms with Crippen molar-refractivity contribution in [3.8, 4) is 22.3 Å². The molecule has 90 heavy (non-hydrogen) atoms. The number of halogens is 2. The number of nitrogens with zero attached hydrogens (tertiary/aromatic N) is 7. The van der Waals surface area contributed by atoms with Crippen molar-refractivity contribution in [2.75, 3.05) is 31.3 Å². The van der Waals surface area contributed by atoms with Crippen LogP contribution in [0.5, 0.6) is 0 Å². The number of rotatable bonds is 19. The number of anilines is 2. The molecule has 4 aromatic carbocycles. The number of aromatic nitrogens is 6. The van der Waals surface area contributed by atoms with Crippen molar-refractivity contribution in [2.45, 2.75) is 183 Å². The number of hydrogen-bond donors (Lipinski definition) is 3. The summed E-state index contributed by atoms with van der Waals surface area (Å²) in [5.41, 5.74) is 10.7. The van der Waals surface area contributed by atoms with Gasteiger partial charge in [0.2, 0.25) is 11.9 Å². The predicted octanol–water partition coefficient (Wildman–Crippen LogP) is 15.4. The molecule has 0 saturated heterocycles. The lowest BCUT2D eigenvalue weighted by atomic mass is 9.84. The van der Waals surface area contributed by atoms with Gasteiger partial charge in [-0.2, -0.15) is 0 Å². The highest BCUT2D eigenvalue weighted by Crippen LogP contribution is 2.35. The van der Waals surface area contributed by atoms with Gasteiger partial charge in [0.25, 0.3) is 0 Å². The van der Waals surface area contributed by atoms with Crippen LogP contribution < -0.4 is 16.0 Å². The Bertz CT molecular complexity index is 4020. The third-order valence-corrected chi connectivity index (χ3v) is 22.7. The SMILES string of the molecule is C.CCc1cc(-c2ccc(CS(=O)(=O)c3ccccc3Cl)nc2C)cc2cnc(NC3CCC(N(C)CC4CCC4)CC3)nc12.CCc1cc(-c2ccc(CS(=O)(=O)c3ccccc3Cl)nc2C)cc2cnc(NC3CCC(NC)CC3)nc12.O=CC1CCC1. The summed E-state index contributed by atoms with van der Waals surface area (Å²) in [6, 6.07) is 31.1. The fourth-order valence-electron chi connectivity index (χ4n) is 12.7. The number of carbonyl (C=O) groups excluding carboxylic acids is 1. The Kier molecular flexibility index (Phi) is 23.2. The average Bonchev–Trinajstić information content (AvgIpc) is 0.862. The van der Waals surface area contributed by atoms with Crippen molar-refractivity contribution in [3.63, 3.8) is 0 Å². The largest absolute Gasteiger partial charge is 0.351 e. The van der Waals surface area contributed by atoms with Crippen molar-refractivity contribution >= 4 is 82.9 Å². The highest BCUT2D eigenvalue weighted by molar-refractivity contribution is 7.91. The quantitative estimate of drug-likeness (QED) is 0.0645. The number of carbonyl (C=O) groups is 1. The fourth-order valence-corrected chi connectivity index (χ4v) is 16.4. The fraction of sp³-hybridized carbons (Fsp3) is 0.451. The molecule has 0 bridgehead atoms. The number of nitrogens with one attached hydrogen (secondary N) is 3. The molecular weight excluding hydrogens is 1210 g/mol. The molecule has 0 unspecified atom stereocenters. The predicted molar refractivity (Wildman–Crippen MR) is 367 cm³/mol. The molecule has 15 nitrogen and oxygen atoms in total. The lowest BCUT2D eigenvalue weighted by Crippen LogP contribution is -2.41. The van der Waals surface area contributed by atoms with E-state index in [9.17, 15) is 21.6 Å². The summed E-state index contributed by atoms with van der Waals surface area (Å²) < 4.78 is 51.9. The van der Waals surface area contributed by atoms with Crippen LogP contribution >= 0.6 is 23.2 Å². The third-order valence-electron chi connectivity index (χ3n) is 18.4. The molecule has 3 N–H and O–H groups in total. The summed E-state index contributed by atoms with van der Waals surface area (Å²) in [5.74, 6) is 2.31. The first-order chi connectivity index (χ1) is 42.9. The number of sulfone groups is 2. The molecule has 19 heteroatoms. The minimum absolute atomic E-state index is 0. The molecule has 4 fully saturated rings. The van der Waals surface area contributed by atoms with Gasteiger partial charge in [-0.1, -0.05) is 93.7 Å². The highest BCUT2D eigenvalue weighted by Gasteiger charge is 2.29. The molecule has 8 aromatic rings. The summed E-state index contributed by atoms with van der Waals surface area (Å²) >= 11 is 12.3. The van der Waals surface area contributed by atoms with Crippen LogP contribution in [0.15, 0.2) is 119 Å². The number of benzene rings is 4. The zero-order chi connectivity index (χ0) is 62.8. The zero-order valence-corrected chi connectivity index (χ0v) is 55.3. The number of aldehydes is 1. The van der Waals surface area contributed by atoms with Crippen molar-refractivity contribution < 1.29 is 21.6 Å². The standard InChI is InChI=1S/C35H42ClN5O2S.C30H34ClN5O2S.C5H8O.CH4/c1-4-25-18-26(31-17-14-29(38-23(31)2)22-44(42,43)33-11-6-5-10-32(33)36)19-27-20-37-35(40-34(25)27)39-28-12-15-30(16-13-28)41(3)21-24-8-7-9-24;1-4-20-15-21(16-22-17-33-30(36-29(20)22)35-24-11-9-23(32-3)10-12-24)26-14-13-25(34-19(26)2)18-39(37,38)28-8-6-5-7-27(28)31;6-4-5-2-1-3-5;/h5-6,10-11,14,17-20,24,28,30H,4,7-9,12-13,15-16,21-22H2,1-3H3,(H,37,39,40);5-8,13-17,23-24,32H,4,9-12,18H2,1-3H3,(H,33,35,36);4-5H,1-3H2;1H4. The van der Waals surface area contributed by atoms with Gasteiger partial charge in [-0.3, -0.25) is 9.97 Å². The van der Waals surface area contributed by atoms with Gasteiger partial charge >= 0.3 is 0 Å². The van der Waals surface area contributed by atoms with Crippen LogP contribution in [-0.4, -0.2) is 103 Å².